The molecule has 126 valence electrons. The van der Waals surface area contributed by atoms with Crippen LogP contribution in [0.4, 0.5) is 0 Å². The first-order valence-electron chi connectivity index (χ1n) is 8.06. The Kier molecular flexibility index (Phi) is 5.36. The van der Waals surface area contributed by atoms with E-state index in [0.717, 1.165) is 17.5 Å². The highest BCUT2D eigenvalue weighted by molar-refractivity contribution is 5.86. The second kappa shape index (κ2) is 8.06. The minimum Gasteiger partial charge on any atom is -0.452 e. The molecule has 1 heterocycles. The zero-order valence-corrected chi connectivity index (χ0v) is 13.9. The van der Waals surface area contributed by atoms with Crippen LogP contribution in [0.25, 0.3) is 17.5 Å². The predicted octanol–water partition coefficient (Wildman–Crippen LogP) is 4.06. The molecule has 0 spiro atoms. The van der Waals surface area contributed by atoms with Gasteiger partial charge in [0.1, 0.15) is 0 Å². The molecule has 3 rings (SSSR count). The van der Waals surface area contributed by atoms with Crippen molar-refractivity contribution in [3.63, 3.8) is 0 Å². The Morgan fingerprint density at radius 2 is 1.88 bits per heavy atom. The van der Waals surface area contributed by atoms with E-state index in [-0.39, 0.29) is 12.5 Å². The maximum Gasteiger partial charge on any atom is 0.331 e. The van der Waals surface area contributed by atoms with Gasteiger partial charge in [-0.2, -0.15) is 4.98 Å². The van der Waals surface area contributed by atoms with E-state index in [2.05, 4.69) is 17.1 Å². The van der Waals surface area contributed by atoms with Crippen molar-refractivity contribution in [1.82, 2.24) is 10.1 Å². The Hall–Kier alpha value is -3.21. The molecule has 0 fully saturated rings. The lowest BCUT2D eigenvalue weighted by Crippen LogP contribution is -2.00. The first-order chi connectivity index (χ1) is 12.2. The average Bonchev–Trinajstić information content (AvgIpc) is 3.14. The number of carbonyl (C=O) groups excluding carboxylic acids is 1. The molecule has 0 aliphatic rings. The third-order valence-corrected chi connectivity index (χ3v) is 3.64. The van der Waals surface area contributed by atoms with E-state index in [1.165, 1.54) is 11.6 Å². The molecule has 0 atom stereocenters. The number of rotatable bonds is 6. The minimum atomic E-state index is -0.462. The fourth-order valence-corrected chi connectivity index (χ4v) is 2.23. The molecular weight excluding hydrogens is 316 g/mol. The van der Waals surface area contributed by atoms with Crippen LogP contribution in [-0.2, 0) is 22.6 Å². The van der Waals surface area contributed by atoms with Crippen molar-refractivity contribution in [2.45, 2.75) is 20.0 Å². The fourth-order valence-electron chi connectivity index (χ4n) is 2.23. The first-order valence-corrected chi connectivity index (χ1v) is 8.06. The maximum atomic E-state index is 11.7. The molecule has 1 aromatic heterocycles. The average molecular weight is 334 g/mol. The van der Waals surface area contributed by atoms with Crippen molar-refractivity contribution < 1.29 is 14.1 Å². The van der Waals surface area contributed by atoms with Crippen LogP contribution < -0.4 is 0 Å². The number of esters is 1. The first kappa shape index (κ1) is 16.6. The highest BCUT2D eigenvalue weighted by Gasteiger charge is 2.10. The molecule has 5 nitrogen and oxygen atoms in total. The lowest BCUT2D eigenvalue weighted by atomic mass is 10.1. The maximum absolute atomic E-state index is 11.7. The zero-order valence-electron chi connectivity index (χ0n) is 13.9. The van der Waals surface area contributed by atoms with E-state index in [9.17, 15) is 4.79 Å². The Labute approximate surface area is 146 Å². The van der Waals surface area contributed by atoms with Gasteiger partial charge in [-0.05, 0) is 23.6 Å². The summed E-state index contributed by atoms with van der Waals surface area (Å²) in [5.41, 5.74) is 3.03. The lowest BCUT2D eigenvalue weighted by molar-refractivity contribution is -0.139. The third-order valence-electron chi connectivity index (χ3n) is 3.64. The van der Waals surface area contributed by atoms with Crippen molar-refractivity contribution in [3.8, 4) is 11.4 Å². The normalized spacial score (nSPS) is 10.9. The van der Waals surface area contributed by atoms with Gasteiger partial charge >= 0.3 is 5.97 Å². The summed E-state index contributed by atoms with van der Waals surface area (Å²) in [6.45, 7) is 2.04. The van der Waals surface area contributed by atoms with Gasteiger partial charge in [0.2, 0.25) is 5.82 Å². The van der Waals surface area contributed by atoms with Crippen LogP contribution in [0.5, 0.6) is 0 Å². The second-order valence-electron chi connectivity index (χ2n) is 5.41. The third kappa shape index (κ3) is 4.64. The van der Waals surface area contributed by atoms with Gasteiger partial charge in [-0.25, -0.2) is 4.79 Å². The fraction of sp³-hybridized carbons (Fsp3) is 0.150. The van der Waals surface area contributed by atoms with Crippen LogP contribution in [0.15, 0.2) is 65.2 Å². The number of ether oxygens (including phenoxy) is 1. The smallest absolute Gasteiger partial charge is 0.331 e. The number of aromatic nitrogens is 2. The van der Waals surface area contributed by atoms with E-state index in [1.807, 2.05) is 54.6 Å². The Morgan fingerprint density at radius 1 is 1.12 bits per heavy atom. The van der Waals surface area contributed by atoms with Gasteiger partial charge in [0.25, 0.3) is 5.89 Å². The number of nitrogens with zero attached hydrogens (tertiary/aromatic N) is 2. The summed E-state index contributed by atoms with van der Waals surface area (Å²) in [7, 11) is 0. The molecule has 0 radical (unpaired) electrons. The number of hydrogen-bond donors (Lipinski definition) is 0. The molecule has 0 bridgehead atoms. The molecule has 25 heavy (non-hydrogen) atoms. The molecule has 0 aliphatic heterocycles. The van der Waals surface area contributed by atoms with E-state index in [0.29, 0.717) is 5.82 Å². The number of carbonyl (C=O) groups is 1. The van der Waals surface area contributed by atoms with E-state index in [4.69, 9.17) is 9.26 Å². The molecule has 0 amide bonds. The summed E-state index contributed by atoms with van der Waals surface area (Å²) >= 11 is 0. The standard InChI is InChI=1S/C20H18N2O3/c1-2-15-8-11-17(12-9-15)20-21-18(25-22-20)14-24-19(23)13-10-16-6-4-3-5-7-16/h3-13H,2,14H2,1H3/b13-10+. The molecule has 5 heteroatoms. The van der Waals surface area contributed by atoms with Gasteiger partial charge < -0.3 is 9.26 Å². The van der Waals surface area contributed by atoms with Crippen LogP contribution in [-0.4, -0.2) is 16.1 Å². The van der Waals surface area contributed by atoms with Crippen molar-refractivity contribution >= 4 is 12.0 Å². The van der Waals surface area contributed by atoms with E-state index in [1.54, 1.807) is 6.08 Å². The van der Waals surface area contributed by atoms with Crippen LogP contribution in [0.3, 0.4) is 0 Å². The molecule has 0 N–H and O–H groups in total. The minimum absolute atomic E-state index is 0.0575. The molecule has 3 aromatic rings. The number of benzene rings is 2. The number of hydrogen-bond acceptors (Lipinski definition) is 5. The van der Waals surface area contributed by atoms with Crippen molar-refractivity contribution in [3.05, 3.63) is 77.7 Å². The van der Waals surface area contributed by atoms with Gasteiger partial charge in [0.15, 0.2) is 6.61 Å². The second-order valence-corrected chi connectivity index (χ2v) is 5.41. The van der Waals surface area contributed by atoms with Crippen LogP contribution in [0.1, 0.15) is 23.9 Å². The molecule has 0 saturated heterocycles. The number of aryl methyl sites for hydroxylation is 1. The molecule has 0 unspecified atom stereocenters. The van der Waals surface area contributed by atoms with Gasteiger partial charge in [-0.1, -0.05) is 66.7 Å². The highest BCUT2D eigenvalue weighted by atomic mass is 16.6. The molecule has 0 aliphatic carbocycles. The lowest BCUT2D eigenvalue weighted by Gasteiger charge is -1.98. The molecule has 0 saturated carbocycles. The van der Waals surface area contributed by atoms with Crippen LogP contribution >= 0.6 is 0 Å². The van der Waals surface area contributed by atoms with Crippen molar-refractivity contribution in [2.75, 3.05) is 0 Å². The van der Waals surface area contributed by atoms with Crippen molar-refractivity contribution in [2.24, 2.45) is 0 Å². The molecular formula is C20H18N2O3. The summed E-state index contributed by atoms with van der Waals surface area (Å²) in [6.07, 6.45) is 4.04. The predicted molar refractivity (Wildman–Crippen MR) is 94.4 cm³/mol. The van der Waals surface area contributed by atoms with Crippen molar-refractivity contribution in [1.29, 1.82) is 0 Å². The Bertz CT molecular complexity index is 852. The van der Waals surface area contributed by atoms with E-state index >= 15 is 0 Å². The summed E-state index contributed by atoms with van der Waals surface area (Å²) in [5.74, 6) is 0.278. The van der Waals surface area contributed by atoms with Gasteiger partial charge in [-0.15, -0.1) is 0 Å². The summed E-state index contributed by atoms with van der Waals surface area (Å²) in [4.78, 5) is 16.0. The van der Waals surface area contributed by atoms with Crippen LogP contribution in [0, 0.1) is 0 Å². The summed E-state index contributed by atoms with van der Waals surface area (Å²) in [5, 5.41) is 3.92. The largest absolute Gasteiger partial charge is 0.452 e. The highest BCUT2D eigenvalue weighted by Crippen LogP contribution is 2.17. The summed E-state index contributed by atoms with van der Waals surface area (Å²) < 4.78 is 10.2. The summed E-state index contributed by atoms with van der Waals surface area (Å²) in [6, 6.07) is 17.5. The van der Waals surface area contributed by atoms with Gasteiger partial charge in [0, 0.05) is 11.6 Å². The molecule has 2 aromatic carbocycles. The van der Waals surface area contributed by atoms with E-state index < -0.39 is 5.97 Å². The van der Waals surface area contributed by atoms with Crippen LogP contribution in [0.2, 0.25) is 0 Å². The monoisotopic (exact) mass is 334 g/mol. The quantitative estimate of drug-likeness (QED) is 0.502. The SMILES string of the molecule is CCc1ccc(-c2noc(COC(=O)/C=C/c3ccccc3)n2)cc1. The van der Waals surface area contributed by atoms with Gasteiger partial charge in [0.05, 0.1) is 0 Å². The van der Waals surface area contributed by atoms with Gasteiger partial charge in [-0.3, -0.25) is 0 Å². The Balaban J connectivity index is 1.56. The zero-order chi connectivity index (χ0) is 17.5. The topological polar surface area (TPSA) is 65.2 Å². The Morgan fingerprint density at radius 3 is 2.60 bits per heavy atom.